The molecule has 0 N–H and O–H groups in total. The van der Waals surface area contributed by atoms with Gasteiger partial charge in [0.2, 0.25) is 11.8 Å². The number of carbonyl (C=O) groups excluding carboxylic acids is 2. The van der Waals surface area contributed by atoms with Crippen LogP contribution in [-0.2, 0) is 15.8 Å². The topological polar surface area (TPSA) is 56.8 Å². The monoisotopic (exact) mass is 430 g/mol. The molecule has 2 aliphatic heterocycles. The van der Waals surface area contributed by atoms with Gasteiger partial charge in [-0.1, -0.05) is 24.4 Å². The number of hydrogen-bond acceptors (Lipinski definition) is 5. The first-order chi connectivity index (χ1) is 13.7. The van der Waals surface area contributed by atoms with Crippen molar-refractivity contribution < 1.29 is 22.8 Å². The van der Waals surface area contributed by atoms with Crippen LogP contribution in [0.15, 0.2) is 12.3 Å². The number of imide groups is 1. The van der Waals surface area contributed by atoms with Crippen molar-refractivity contribution in [2.75, 3.05) is 37.7 Å². The Morgan fingerprint density at radius 2 is 1.76 bits per heavy atom. The van der Waals surface area contributed by atoms with Crippen molar-refractivity contribution in [3.63, 3.8) is 0 Å². The van der Waals surface area contributed by atoms with E-state index in [1.165, 1.54) is 4.90 Å². The summed E-state index contributed by atoms with van der Waals surface area (Å²) in [6.45, 7) is 2.38. The number of anilines is 1. The summed E-state index contributed by atoms with van der Waals surface area (Å²) in [6.07, 6.45) is 0.186. The molecular weight excluding hydrogens is 409 g/mol. The molecule has 4 rings (SSSR count). The second-order valence-electron chi connectivity index (χ2n) is 8.06. The van der Waals surface area contributed by atoms with E-state index in [0.717, 1.165) is 37.9 Å². The number of carbonyl (C=O) groups is 2. The van der Waals surface area contributed by atoms with Crippen LogP contribution in [-0.4, -0.2) is 59.4 Å². The van der Waals surface area contributed by atoms with E-state index in [2.05, 4.69) is 4.98 Å². The Balaban J connectivity index is 1.37. The van der Waals surface area contributed by atoms with E-state index in [1.807, 2.05) is 9.80 Å². The van der Waals surface area contributed by atoms with Crippen LogP contribution in [0.3, 0.4) is 0 Å². The summed E-state index contributed by atoms with van der Waals surface area (Å²) in [5.41, 5.74) is -1.35. The number of likely N-dealkylation sites (tertiary alicyclic amines) is 1. The summed E-state index contributed by atoms with van der Waals surface area (Å²) < 4.78 is 38.3. The predicted molar refractivity (Wildman–Crippen MR) is 100 cm³/mol. The van der Waals surface area contributed by atoms with Gasteiger partial charge in [-0.2, -0.15) is 13.2 Å². The molecule has 1 aromatic rings. The van der Waals surface area contributed by atoms with Crippen LogP contribution in [0.4, 0.5) is 19.0 Å². The number of piperazine rings is 1. The molecule has 10 heteroatoms. The van der Waals surface area contributed by atoms with E-state index < -0.39 is 17.2 Å². The maximum absolute atomic E-state index is 12.8. The lowest BCUT2D eigenvalue weighted by Gasteiger charge is -2.37. The average molecular weight is 431 g/mol. The van der Waals surface area contributed by atoms with Crippen molar-refractivity contribution in [3.8, 4) is 0 Å². The van der Waals surface area contributed by atoms with Crippen LogP contribution >= 0.6 is 11.6 Å². The highest BCUT2D eigenvalue weighted by molar-refractivity contribution is 6.33. The third kappa shape index (κ3) is 3.82. The lowest BCUT2D eigenvalue weighted by Crippen LogP contribution is -2.51. The van der Waals surface area contributed by atoms with E-state index in [-0.39, 0.29) is 23.5 Å². The Morgan fingerprint density at radius 1 is 1.10 bits per heavy atom. The number of aromatic nitrogens is 1. The summed E-state index contributed by atoms with van der Waals surface area (Å²) in [5.74, 6) is 0.166. The first-order valence-corrected chi connectivity index (χ1v) is 10.1. The molecule has 1 aliphatic carbocycles. The third-order valence-electron chi connectivity index (χ3n) is 6.21. The van der Waals surface area contributed by atoms with Crippen molar-refractivity contribution in [1.82, 2.24) is 14.8 Å². The number of amides is 2. The fraction of sp³-hybridized carbons (Fsp3) is 0.632. The van der Waals surface area contributed by atoms with Gasteiger partial charge in [0.15, 0.2) is 0 Å². The minimum Gasteiger partial charge on any atom is -0.353 e. The number of pyridine rings is 1. The molecule has 0 unspecified atom stereocenters. The van der Waals surface area contributed by atoms with Crippen LogP contribution in [0.2, 0.25) is 5.02 Å². The molecule has 0 radical (unpaired) electrons. The first-order valence-electron chi connectivity index (χ1n) is 9.74. The Hall–Kier alpha value is -1.87. The summed E-state index contributed by atoms with van der Waals surface area (Å²) in [7, 11) is 0. The van der Waals surface area contributed by atoms with Crippen LogP contribution in [0, 0.1) is 5.41 Å². The summed E-state index contributed by atoms with van der Waals surface area (Å²) in [4.78, 5) is 34.3. The highest BCUT2D eigenvalue weighted by atomic mass is 35.5. The number of halogens is 4. The van der Waals surface area contributed by atoms with Gasteiger partial charge in [0.25, 0.3) is 0 Å². The zero-order chi connectivity index (χ0) is 20.8. The van der Waals surface area contributed by atoms with Gasteiger partial charge in [-0.15, -0.1) is 0 Å². The molecule has 6 nitrogen and oxygen atoms in total. The molecule has 2 amide bonds. The minimum absolute atomic E-state index is 0.0404. The highest BCUT2D eigenvalue weighted by Crippen LogP contribution is 2.46. The lowest BCUT2D eigenvalue weighted by molar-refractivity contribution is -0.144. The first kappa shape index (κ1) is 20.4. The predicted octanol–water partition coefficient (Wildman–Crippen LogP) is 3.15. The van der Waals surface area contributed by atoms with Gasteiger partial charge >= 0.3 is 6.18 Å². The molecule has 0 bridgehead atoms. The van der Waals surface area contributed by atoms with E-state index in [0.29, 0.717) is 38.4 Å². The van der Waals surface area contributed by atoms with E-state index >= 15 is 0 Å². The molecule has 158 valence electrons. The quantitative estimate of drug-likeness (QED) is 0.689. The van der Waals surface area contributed by atoms with Gasteiger partial charge in [0.05, 0.1) is 22.7 Å². The van der Waals surface area contributed by atoms with Gasteiger partial charge < -0.3 is 4.90 Å². The van der Waals surface area contributed by atoms with Gasteiger partial charge in [-0.3, -0.25) is 19.4 Å². The standard InChI is InChI=1S/C19H22ClF3N4O2/c20-14-9-13(19(21,22)23)11-24-16(14)26-7-5-25(6-8-26)12-27-15(28)10-18(17(27)29)3-1-2-4-18/h9,11H,1-8,10,12H2. The van der Waals surface area contributed by atoms with E-state index in [1.54, 1.807) is 0 Å². The molecule has 0 aromatic carbocycles. The van der Waals surface area contributed by atoms with E-state index in [9.17, 15) is 22.8 Å². The lowest BCUT2D eigenvalue weighted by atomic mass is 9.85. The summed E-state index contributed by atoms with van der Waals surface area (Å²) >= 11 is 6.03. The van der Waals surface area contributed by atoms with Crippen LogP contribution in [0.1, 0.15) is 37.7 Å². The third-order valence-corrected chi connectivity index (χ3v) is 6.49. The Morgan fingerprint density at radius 3 is 2.34 bits per heavy atom. The fourth-order valence-electron chi connectivity index (χ4n) is 4.57. The Bertz CT molecular complexity index is 818. The maximum atomic E-state index is 12.8. The van der Waals surface area contributed by atoms with Crippen LogP contribution < -0.4 is 4.90 Å². The normalized spacial score (nSPS) is 22.9. The van der Waals surface area contributed by atoms with E-state index in [4.69, 9.17) is 11.6 Å². The van der Waals surface area contributed by atoms with Crippen molar-refractivity contribution in [2.24, 2.45) is 5.41 Å². The van der Waals surface area contributed by atoms with Crippen molar-refractivity contribution in [2.45, 2.75) is 38.3 Å². The number of rotatable bonds is 3. The zero-order valence-electron chi connectivity index (χ0n) is 15.8. The van der Waals surface area contributed by atoms with Gasteiger partial charge in [0, 0.05) is 38.8 Å². The molecule has 29 heavy (non-hydrogen) atoms. The van der Waals surface area contributed by atoms with Gasteiger partial charge in [-0.05, 0) is 18.9 Å². The molecule has 3 heterocycles. The molecule has 2 saturated heterocycles. The average Bonchev–Trinajstić information content (AvgIpc) is 3.22. The Kier molecular flexibility index (Phi) is 5.23. The molecular formula is C19H22ClF3N4O2. The SMILES string of the molecule is O=C1CC2(CCCC2)C(=O)N1CN1CCN(c2ncc(C(F)(F)F)cc2Cl)CC1. The molecule has 1 spiro atoms. The molecule has 1 aromatic heterocycles. The van der Waals surface area contributed by atoms with Crippen molar-refractivity contribution in [1.29, 1.82) is 0 Å². The van der Waals surface area contributed by atoms with Crippen molar-refractivity contribution in [3.05, 3.63) is 22.8 Å². The molecule has 3 fully saturated rings. The van der Waals surface area contributed by atoms with Crippen LogP contribution in [0.5, 0.6) is 0 Å². The second kappa shape index (κ2) is 7.43. The van der Waals surface area contributed by atoms with Gasteiger partial charge in [0.1, 0.15) is 5.82 Å². The zero-order valence-corrected chi connectivity index (χ0v) is 16.6. The minimum atomic E-state index is -4.49. The second-order valence-corrected chi connectivity index (χ2v) is 8.47. The fourth-order valence-corrected chi connectivity index (χ4v) is 4.85. The largest absolute Gasteiger partial charge is 0.417 e. The maximum Gasteiger partial charge on any atom is 0.417 e. The summed E-state index contributed by atoms with van der Waals surface area (Å²) in [6, 6.07) is 0.888. The molecule has 0 atom stereocenters. The van der Waals surface area contributed by atoms with Gasteiger partial charge in [-0.25, -0.2) is 4.98 Å². The molecule has 1 saturated carbocycles. The van der Waals surface area contributed by atoms with Crippen LogP contribution in [0.25, 0.3) is 0 Å². The Labute approximate surface area is 171 Å². The molecule has 3 aliphatic rings. The summed E-state index contributed by atoms with van der Waals surface area (Å²) in [5, 5.41) is -0.0404. The number of hydrogen-bond donors (Lipinski definition) is 0. The number of alkyl halides is 3. The smallest absolute Gasteiger partial charge is 0.353 e. The number of nitrogens with zero attached hydrogens (tertiary/aromatic N) is 4. The highest BCUT2D eigenvalue weighted by Gasteiger charge is 2.52. The van der Waals surface area contributed by atoms with Crippen molar-refractivity contribution >= 4 is 29.2 Å².